The molecule has 0 bridgehead atoms. The number of hydrogen-bond acceptors (Lipinski definition) is 3. The van der Waals surface area contributed by atoms with Gasteiger partial charge >= 0.3 is 0 Å². The van der Waals surface area contributed by atoms with Crippen LogP contribution in [0.2, 0.25) is 0 Å². The van der Waals surface area contributed by atoms with Gasteiger partial charge in [-0.2, -0.15) is 11.3 Å². The Bertz CT molecular complexity index is 407. The average molecular weight is 204 g/mol. The Morgan fingerprint density at radius 2 is 2.21 bits per heavy atom. The van der Waals surface area contributed by atoms with Crippen molar-refractivity contribution in [2.45, 2.75) is 13.0 Å². The molecule has 2 rings (SSSR count). The molecule has 0 saturated heterocycles. The molecule has 2 nitrogen and oxygen atoms in total. The first-order valence-electron chi connectivity index (χ1n) is 4.52. The van der Waals surface area contributed by atoms with Gasteiger partial charge in [-0.3, -0.25) is 4.98 Å². The van der Waals surface area contributed by atoms with Crippen LogP contribution in [0.3, 0.4) is 0 Å². The first-order chi connectivity index (χ1) is 6.77. The third-order valence-corrected chi connectivity index (χ3v) is 2.74. The van der Waals surface area contributed by atoms with E-state index in [0.717, 1.165) is 17.0 Å². The zero-order chi connectivity index (χ0) is 9.97. The van der Waals surface area contributed by atoms with Crippen molar-refractivity contribution in [2.75, 3.05) is 0 Å². The Morgan fingerprint density at radius 3 is 2.86 bits per heavy atom. The van der Waals surface area contributed by atoms with Crippen LogP contribution in [0.4, 0.5) is 0 Å². The predicted octanol–water partition coefficient (Wildman–Crippen LogP) is 2.83. The minimum atomic E-state index is -0.00594. The van der Waals surface area contributed by atoms with Crippen LogP contribution in [-0.2, 0) is 0 Å². The first-order valence-corrected chi connectivity index (χ1v) is 5.47. The fraction of sp³-hybridized carbons (Fsp3) is 0.182. The molecule has 0 aliphatic carbocycles. The highest BCUT2D eigenvalue weighted by atomic mass is 32.1. The van der Waals surface area contributed by atoms with E-state index in [2.05, 4.69) is 21.8 Å². The van der Waals surface area contributed by atoms with Crippen molar-refractivity contribution in [1.29, 1.82) is 0 Å². The van der Waals surface area contributed by atoms with Crippen molar-refractivity contribution >= 4 is 11.3 Å². The molecule has 0 radical (unpaired) electrons. The number of pyridine rings is 1. The second-order valence-corrected chi connectivity index (χ2v) is 4.03. The van der Waals surface area contributed by atoms with E-state index in [9.17, 15) is 0 Å². The normalized spacial score (nSPS) is 12.7. The summed E-state index contributed by atoms with van der Waals surface area (Å²) >= 11 is 1.68. The standard InChI is InChI=1S/C11H12N2S/c1-8(12)10-3-2-4-11(13-10)9-5-6-14-7-9/h2-8H,12H2,1H3. The van der Waals surface area contributed by atoms with E-state index in [4.69, 9.17) is 5.73 Å². The fourth-order valence-corrected chi connectivity index (χ4v) is 1.93. The van der Waals surface area contributed by atoms with E-state index in [1.165, 1.54) is 0 Å². The van der Waals surface area contributed by atoms with Crippen molar-refractivity contribution in [1.82, 2.24) is 4.98 Å². The van der Waals surface area contributed by atoms with Gasteiger partial charge in [-0.1, -0.05) is 6.07 Å². The lowest BCUT2D eigenvalue weighted by molar-refractivity contribution is 0.782. The zero-order valence-electron chi connectivity index (χ0n) is 7.97. The van der Waals surface area contributed by atoms with Gasteiger partial charge in [0.15, 0.2) is 0 Å². The van der Waals surface area contributed by atoms with Crippen molar-refractivity contribution in [3.05, 3.63) is 40.7 Å². The maximum atomic E-state index is 5.78. The van der Waals surface area contributed by atoms with Crippen LogP contribution < -0.4 is 5.73 Å². The maximum absolute atomic E-state index is 5.78. The summed E-state index contributed by atoms with van der Waals surface area (Å²) in [6, 6.07) is 8.03. The van der Waals surface area contributed by atoms with Crippen LogP contribution in [0, 0.1) is 0 Å². The molecular weight excluding hydrogens is 192 g/mol. The van der Waals surface area contributed by atoms with Crippen LogP contribution in [0.15, 0.2) is 35.0 Å². The van der Waals surface area contributed by atoms with Gasteiger partial charge in [0.1, 0.15) is 0 Å². The van der Waals surface area contributed by atoms with Gasteiger partial charge < -0.3 is 5.73 Å². The molecule has 2 aromatic heterocycles. The summed E-state index contributed by atoms with van der Waals surface area (Å²) in [6.07, 6.45) is 0. The van der Waals surface area contributed by atoms with E-state index >= 15 is 0 Å². The SMILES string of the molecule is CC(N)c1cccc(-c2ccsc2)n1. The summed E-state index contributed by atoms with van der Waals surface area (Å²) in [5.41, 5.74) is 8.88. The third-order valence-electron chi connectivity index (χ3n) is 2.05. The molecule has 0 fully saturated rings. The topological polar surface area (TPSA) is 38.9 Å². The van der Waals surface area contributed by atoms with Crippen molar-refractivity contribution < 1.29 is 0 Å². The smallest absolute Gasteiger partial charge is 0.0714 e. The van der Waals surface area contributed by atoms with E-state index in [1.54, 1.807) is 11.3 Å². The predicted molar refractivity (Wildman–Crippen MR) is 60.2 cm³/mol. The van der Waals surface area contributed by atoms with E-state index in [-0.39, 0.29) is 6.04 Å². The van der Waals surface area contributed by atoms with Crippen LogP contribution in [-0.4, -0.2) is 4.98 Å². The molecule has 14 heavy (non-hydrogen) atoms. The second-order valence-electron chi connectivity index (χ2n) is 3.25. The molecule has 2 N–H and O–H groups in total. The molecule has 0 spiro atoms. The highest BCUT2D eigenvalue weighted by Crippen LogP contribution is 2.21. The number of hydrogen-bond donors (Lipinski definition) is 1. The highest BCUT2D eigenvalue weighted by Gasteiger charge is 2.03. The van der Waals surface area contributed by atoms with Crippen LogP contribution in [0.25, 0.3) is 11.3 Å². The molecule has 0 amide bonds. The van der Waals surface area contributed by atoms with E-state index in [1.807, 2.05) is 25.1 Å². The molecule has 1 atom stereocenters. The van der Waals surface area contributed by atoms with Crippen molar-refractivity contribution in [3.8, 4) is 11.3 Å². The second kappa shape index (κ2) is 3.90. The summed E-state index contributed by atoms with van der Waals surface area (Å²) < 4.78 is 0. The highest BCUT2D eigenvalue weighted by molar-refractivity contribution is 7.08. The van der Waals surface area contributed by atoms with Gasteiger partial charge in [0.25, 0.3) is 0 Å². The Labute approximate surface area is 87.4 Å². The molecular formula is C11H12N2S. The molecule has 0 aliphatic rings. The van der Waals surface area contributed by atoms with Gasteiger partial charge in [0.05, 0.1) is 11.4 Å². The number of rotatable bonds is 2. The van der Waals surface area contributed by atoms with Crippen molar-refractivity contribution in [3.63, 3.8) is 0 Å². The Morgan fingerprint density at radius 1 is 1.36 bits per heavy atom. The van der Waals surface area contributed by atoms with Crippen LogP contribution in [0.1, 0.15) is 18.7 Å². The summed E-state index contributed by atoms with van der Waals surface area (Å²) in [4.78, 5) is 4.50. The molecule has 0 aliphatic heterocycles. The summed E-state index contributed by atoms with van der Waals surface area (Å²) in [6.45, 7) is 1.94. The number of aromatic nitrogens is 1. The largest absolute Gasteiger partial charge is 0.323 e. The molecule has 2 aromatic rings. The summed E-state index contributed by atoms with van der Waals surface area (Å²) in [5, 5.41) is 4.14. The minimum absolute atomic E-state index is 0.00594. The number of nitrogens with two attached hydrogens (primary N) is 1. The minimum Gasteiger partial charge on any atom is -0.323 e. The zero-order valence-corrected chi connectivity index (χ0v) is 8.79. The van der Waals surface area contributed by atoms with Gasteiger partial charge in [-0.05, 0) is 30.5 Å². The van der Waals surface area contributed by atoms with Gasteiger partial charge in [0, 0.05) is 17.0 Å². The number of nitrogens with zero attached hydrogens (tertiary/aromatic N) is 1. The average Bonchev–Trinajstić information content (AvgIpc) is 2.71. The van der Waals surface area contributed by atoms with Crippen LogP contribution >= 0.6 is 11.3 Å². The monoisotopic (exact) mass is 204 g/mol. The Kier molecular flexibility index (Phi) is 2.61. The lowest BCUT2D eigenvalue weighted by atomic mass is 10.1. The van der Waals surface area contributed by atoms with E-state index < -0.39 is 0 Å². The molecule has 72 valence electrons. The lowest BCUT2D eigenvalue weighted by Gasteiger charge is -2.05. The summed E-state index contributed by atoms with van der Waals surface area (Å²) in [5.74, 6) is 0. The third kappa shape index (κ3) is 1.84. The Hall–Kier alpha value is -1.19. The molecule has 2 heterocycles. The van der Waals surface area contributed by atoms with E-state index in [0.29, 0.717) is 0 Å². The fourth-order valence-electron chi connectivity index (χ4n) is 1.28. The summed E-state index contributed by atoms with van der Waals surface area (Å²) in [7, 11) is 0. The molecule has 0 aromatic carbocycles. The van der Waals surface area contributed by atoms with Gasteiger partial charge in [0.2, 0.25) is 0 Å². The lowest BCUT2D eigenvalue weighted by Crippen LogP contribution is -2.07. The molecule has 1 unspecified atom stereocenters. The first kappa shape index (κ1) is 9.37. The Balaban J connectivity index is 2.41. The van der Waals surface area contributed by atoms with Gasteiger partial charge in [-0.15, -0.1) is 0 Å². The van der Waals surface area contributed by atoms with Crippen LogP contribution in [0.5, 0.6) is 0 Å². The van der Waals surface area contributed by atoms with Gasteiger partial charge in [-0.25, -0.2) is 0 Å². The quantitative estimate of drug-likeness (QED) is 0.817. The molecule has 3 heteroatoms. The molecule has 0 saturated carbocycles. The maximum Gasteiger partial charge on any atom is 0.0714 e. The number of thiophene rings is 1. The van der Waals surface area contributed by atoms with Crippen molar-refractivity contribution in [2.24, 2.45) is 5.73 Å².